The van der Waals surface area contributed by atoms with E-state index in [0.29, 0.717) is 12.1 Å². The molecule has 0 fully saturated rings. The van der Waals surface area contributed by atoms with E-state index >= 15 is 0 Å². The molecule has 0 aliphatic rings. The lowest BCUT2D eigenvalue weighted by molar-refractivity contribution is -0.200. The maximum atomic E-state index is 12.7. The van der Waals surface area contributed by atoms with Gasteiger partial charge in [0.25, 0.3) is 0 Å². The van der Waals surface area contributed by atoms with Crippen LogP contribution in [0.1, 0.15) is 11.7 Å². The predicted molar refractivity (Wildman–Crippen MR) is 61.3 cm³/mol. The molecule has 21 heavy (non-hydrogen) atoms. The topological polar surface area (TPSA) is 43.4 Å². The van der Waals surface area contributed by atoms with Gasteiger partial charge >= 0.3 is 21.8 Å². The third-order valence-corrected chi connectivity index (χ3v) is 3.44. The van der Waals surface area contributed by atoms with E-state index in [0.717, 1.165) is 6.07 Å². The van der Waals surface area contributed by atoms with Gasteiger partial charge in [-0.1, -0.05) is 23.2 Å². The lowest BCUT2D eigenvalue weighted by Crippen LogP contribution is -2.32. The van der Waals surface area contributed by atoms with E-state index in [1.165, 1.54) is 0 Å². The van der Waals surface area contributed by atoms with Crippen molar-refractivity contribution in [3.63, 3.8) is 0 Å². The van der Waals surface area contributed by atoms with Crippen LogP contribution in [0.4, 0.5) is 26.3 Å². The first kappa shape index (κ1) is 18.3. The van der Waals surface area contributed by atoms with Crippen LogP contribution in [0, 0.1) is 0 Å². The molecule has 12 heteroatoms. The molecule has 0 radical (unpaired) electrons. The molecule has 0 aliphatic carbocycles. The first-order valence-electron chi connectivity index (χ1n) is 4.76. The van der Waals surface area contributed by atoms with Gasteiger partial charge in [0.15, 0.2) is 6.10 Å². The Kier molecular flexibility index (Phi) is 5.09. The predicted octanol–water partition coefficient (Wildman–Crippen LogP) is 4.46. The highest BCUT2D eigenvalue weighted by atomic mass is 35.5. The Morgan fingerprint density at radius 2 is 1.38 bits per heavy atom. The monoisotopic (exact) mass is 376 g/mol. The minimum atomic E-state index is -6.46. The Morgan fingerprint density at radius 3 is 1.71 bits per heavy atom. The number of rotatable bonds is 3. The average Bonchev–Trinajstić information content (AvgIpc) is 2.21. The van der Waals surface area contributed by atoms with Crippen molar-refractivity contribution in [3.8, 4) is 0 Å². The molecule has 0 N–H and O–H groups in total. The standard InChI is InChI=1S/C9H4Cl2F6O3S/c10-5-1-4(2-6(11)3-5)7(8(12,13)14)20-21(18,19)9(15,16)17/h1-3,7H. The molecule has 120 valence electrons. The van der Waals surface area contributed by atoms with Crippen LogP contribution < -0.4 is 0 Å². The zero-order chi connectivity index (χ0) is 16.6. The van der Waals surface area contributed by atoms with Crippen molar-refractivity contribution < 1.29 is 38.9 Å². The molecule has 0 aliphatic heterocycles. The second-order valence-corrected chi connectivity index (χ2v) is 6.06. The Balaban J connectivity index is 3.33. The molecule has 1 unspecified atom stereocenters. The van der Waals surface area contributed by atoms with Crippen LogP contribution in [0.15, 0.2) is 18.2 Å². The van der Waals surface area contributed by atoms with Gasteiger partial charge in [-0.25, -0.2) is 4.18 Å². The van der Waals surface area contributed by atoms with Crippen molar-refractivity contribution in [2.24, 2.45) is 0 Å². The maximum absolute atomic E-state index is 12.7. The van der Waals surface area contributed by atoms with Gasteiger partial charge in [0.2, 0.25) is 0 Å². The van der Waals surface area contributed by atoms with Gasteiger partial charge in [-0.3, -0.25) is 0 Å². The minimum Gasteiger partial charge on any atom is -0.245 e. The largest absolute Gasteiger partial charge is 0.523 e. The van der Waals surface area contributed by atoms with Crippen molar-refractivity contribution in [1.82, 2.24) is 0 Å². The third kappa shape index (κ3) is 4.63. The first-order chi connectivity index (χ1) is 9.24. The fourth-order valence-corrected chi connectivity index (χ4v) is 2.33. The van der Waals surface area contributed by atoms with E-state index in [9.17, 15) is 34.8 Å². The average molecular weight is 377 g/mol. The molecule has 0 saturated carbocycles. The number of alkyl halides is 6. The summed E-state index contributed by atoms with van der Waals surface area (Å²) in [5, 5.41) is -0.667. The molecule has 1 atom stereocenters. The molecule has 1 aromatic carbocycles. The van der Waals surface area contributed by atoms with Gasteiger partial charge in [0.1, 0.15) is 0 Å². The summed E-state index contributed by atoms with van der Waals surface area (Å²) in [5.41, 5.74) is -6.98. The summed E-state index contributed by atoms with van der Waals surface area (Å²) in [4.78, 5) is 0. The smallest absolute Gasteiger partial charge is 0.245 e. The Bertz CT molecular complexity index is 605. The summed E-state index contributed by atoms with van der Waals surface area (Å²) < 4.78 is 99.4. The number of hydrogen-bond donors (Lipinski definition) is 0. The Labute approximate surface area is 124 Å². The highest BCUT2D eigenvalue weighted by Gasteiger charge is 2.54. The molecule has 0 spiro atoms. The van der Waals surface area contributed by atoms with E-state index in [4.69, 9.17) is 23.2 Å². The van der Waals surface area contributed by atoms with E-state index < -0.39 is 33.5 Å². The van der Waals surface area contributed by atoms with Crippen LogP contribution in [0.2, 0.25) is 10.0 Å². The van der Waals surface area contributed by atoms with Crippen LogP contribution in [0.5, 0.6) is 0 Å². The molecule has 0 amide bonds. The fourth-order valence-electron chi connectivity index (χ4n) is 1.21. The van der Waals surface area contributed by atoms with E-state index in [2.05, 4.69) is 4.18 Å². The minimum absolute atomic E-state index is 0.334. The van der Waals surface area contributed by atoms with Crippen molar-refractivity contribution in [1.29, 1.82) is 0 Å². The second-order valence-electron chi connectivity index (χ2n) is 3.62. The van der Waals surface area contributed by atoms with E-state index in [1.54, 1.807) is 0 Å². The lowest BCUT2D eigenvalue weighted by atomic mass is 10.1. The molecule has 1 rings (SSSR count). The van der Waals surface area contributed by atoms with E-state index in [1.807, 2.05) is 0 Å². The molecule has 3 nitrogen and oxygen atoms in total. The number of halogens is 8. The van der Waals surface area contributed by atoms with Gasteiger partial charge in [0, 0.05) is 10.0 Å². The quantitative estimate of drug-likeness (QED) is 0.444. The zero-order valence-electron chi connectivity index (χ0n) is 9.47. The summed E-state index contributed by atoms with van der Waals surface area (Å²) in [6.07, 6.45) is -8.83. The SMILES string of the molecule is O=S(=O)(OC(c1cc(Cl)cc(Cl)c1)C(F)(F)F)C(F)(F)F. The van der Waals surface area contributed by atoms with Gasteiger partial charge in [0.05, 0.1) is 0 Å². The van der Waals surface area contributed by atoms with Crippen LogP contribution in [0.25, 0.3) is 0 Å². The van der Waals surface area contributed by atoms with Gasteiger partial charge < -0.3 is 0 Å². The van der Waals surface area contributed by atoms with E-state index in [-0.39, 0.29) is 10.0 Å². The van der Waals surface area contributed by atoms with Gasteiger partial charge in [-0.15, -0.1) is 0 Å². The normalized spacial score (nSPS) is 15.0. The van der Waals surface area contributed by atoms with Gasteiger partial charge in [-0.05, 0) is 23.8 Å². The van der Waals surface area contributed by atoms with Crippen molar-refractivity contribution in [2.75, 3.05) is 0 Å². The number of hydrogen-bond acceptors (Lipinski definition) is 3. The molecular weight excluding hydrogens is 373 g/mol. The second kappa shape index (κ2) is 5.82. The Hall–Kier alpha value is -0.710. The highest BCUT2D eigenvalue weighted by molar-refractivity contribution is 7.87. The molecule has 0 bridgehead atoms. The Morgan fingerprint density at radius 1 is 0.952 bits per heavy atom. The van der Waals surface area contributed by atoms with Crippen LogP contribution >= 0.6 is 23.2 Å². The molecular formula is C9H4Cl2F6O3S. The first-order valence-corrected chi connectivity index (χ1v) is 6.93. The molecule has 0 heterocycles. The fraction of sp³-hybridized carbons (Fsp3) is 0.333. The third-order valence-electron chi connectivity index (χ3n) is 1.99. The summed E-state index contributed by atoms with van der Waals surface area (Å²) in [5.74, 6) is 0. The molecule has 1 aromatic rings. The molecule has 0 aromatic heterocycles. The number of benzene rings is 1. The van der Waals surface area contributed by atoms with Crippen molar-refractivity contribution >= 4 is 33.3 Å². The van der Waals surface area contributed by atoms with Gasteiger partial charge in [-0.2, -0.15) is 34.8 Å². The van der Waals surface area contributed by atoms with Crippen LogP contribution in [0.3, 0.4) is 0 Å². The van der Waals surface area contributed by atoms with Crippen LogP contribution in [-0.4, -0.2) is 20.1 Å². The summed E-state index contributed by atoms with van der Waals surface area (Å²) in [6, 6.07) is 2.20. The zero-order valence-corrected chi connectivity index (χ0v) is 11.8. The molecule has 0 saturated heterocycles. The van der Waals surface area contributed by atoms with Crippen LogP contribution in [-0.2, 0) is 14.3 Å². The highest BCUT2D eigenvalue weighted by Crippen LogP contribution is 2.41. The summed E-state index contributed by atoms with van der Waals surface area (Å²) in [7, 11) is -6.46. The van der Waals surface area contributed by atoms with Crippen molar-refractivity contribution in [2.45, 2.75) is 17.8 Å². The lowest BCUT2D eigenvalue weighted by Gasteiger charge is -2.21. The maximum Gasteiger partial charge on any atom is 0.523 e. The summed E-state index contributed by atoms with van der Waals surface area (Å²) >= 11 is 10.9. The summed E-state index contributed by atoms with van der Waals surface area (Å²) in [6.45, 7) is 0. The van der Waals surface area contributed by atoms with Crippen molar-refractivity contribution in [3.05, 3.63) is 33.8 Å².